The molecule has 0 spiro atoms. The van der Waals surface area contributed by atoms with E-state index in [1.807, 2.05) is 30.3 Å². The van der Waals surface area contributed by atoms with Crippen LogP contribution in [0.4, 0.5) is 0 Å². The molecule has 1 heterocycles. The van der Waals surface area contributed by atoms with E-state index in [2.05, 4.69) is 10.3 Å². The summed E-state index contributed by atoms with van der Waals surface area (Å²) in [7, 11) is 0. The van der Waals surface area contributed by atoms with E-state index in [9.17, 15) is 4.79 Å². The van der Waals surface area contributed by atoms with Crippen molar-refractivity contribution in [1.82, 2.24) is 10.3 Å². The third-order valence-electron chi connectivity index (χ3n) is 2.28. The average molecular weight is 318 g/mol. The maximum atomic E-state index is 11.9. The Morgan fingerprint density at radius 2 is 2.05 bits per heavy atom. The van der Waals surface area contributed by atoms with Gasteiger partial charge in [-0.15, -0.1) is 23.7 Å². The Kier molecular flexibility index (Phi) is 6.24. The first-order valence-corrected chi connectivity index (χ1v) is 6.62. The SMILES string of the molecule is Cl.NCCNC(=O)c1nc(Cl)sc1-c1ccccc1. The Morgan fingerprint density at radius 1 is 1.37 bits per heavy atom. The predicted molar refractivity (Wildman–Crippen MR) is 81.2 cm³/mol. The molecule has 0 aliphatic carbocycles. The molecular formula is C12H13Cl2N3OS. The minimum atomic E-state index is -0.248. The summed E-state index contributed by atoms with van der Waals surface area (Å²) in [5.41, 5.74) is 6.63. The van der Waals surface area contributed by atoms with E-state index in [4.69, 9.17) is 17.3 Å². The van der Waals surface area contributed by atoms with Crippen molar-refractivity contribution in [2.24, 2.45) is 5.73 Å². The van der Waals surface area contributed by atoms with Gasteiger partial charge in [0.1, 0.15) is 5.69 Å². The molecule has 0 aliphatic heterocycles. The van der Waals surface area contributed by atoms with Gasteiger partial charge in [-0.2, -0.15) is 0 Å². The van der Waals surface area contributed by atoms with Crippen LogP contribution in [0.2, 0.25) is 4.47 Å². The zero-order valence-corrected chi connectivity index (χ0v) is 12.3. The molecule has 102 valence electrons. The first-order valence-electron chi connectivity index (χ1n) is 5.42. The molecule has 4 nitrogen and oxygen atoms in total. The predicted octanol–water partition coefficient (Wildman–Crippen LogP) is 2.57. The van der Waals surface area contributed by atoms with Crippen molar-refractivity contribution in [3.8, 4) is 10.4 Å². The smallest absolute Gasteiger partial charge is 0.271 e. The quantitative estimate of drug-likeness (QED) is 0.910. The maximum Gasteiger partial charge on any atom is 0.271 e. The van der Waals surface area contributed by atoms with E-state index >= 15 is 0 Å². The summed E-state index contributed by atoms with van der Waals surface area (Å²) in [5.74, 6) is -0.248. The highest BCUT2D eigenvalue weighted by atomic mass is 35.5. The molecule has 2 aromatic rings. The lowest BCUT2D eigenvalue weighted by Crippen LogP contribution is -2.29. The normalized spacial score (nSPS) is 9.79. The van der Waals surface area contributed by atoms with Crippen LogP contribution in [0.25, 0.3) is 10.4 Å². The summed E-state index contributed by atoms with van der Waals surface area (Å²) >= 11 is 7.19. The molecule has 0 atom stereocenters. The minimum absolute atomic E-state index is 0. The van der Waals surface area contributed by atoms with Crippen molar-refractivity contribution < 1.29 is 4.79 Å². The number of hydrogen-bond acceptors (Lipinski definition) is 4. The third kappa shape index (κ3) is 3.91. The number of nitrogens with two attached hydrogens (primary N) is 1. The molecular weight excluding hydrogens is 305 g/mol. The summed E-state index contributed by atoms with van der Waals surface area (Å²) in [4.78, 5) is 16.8. The molecule has 1 aromatic heterocycles. The molecule has 1 amide bonds. The van der Waals surface area contributed by atoms with Crippen LogP contribution in [-0.4, -0.2) is 24.0 Å². The number of carbonyl (C=O) groups is 1. The summed E-state index contributed by atoms with van der Waals surface area (Å²) in [6.45, 7) is 0.812. The van der Waals surface area contributed by atoms with Gasteiger partial charge in [-0.1, -0.05) is 41.9 Å². The zero-order chi connectivity index (χ0) is 13.0. The summed E-state index contributed by atoms with van der Waals surface area (Å²) in [5, 5.41) is 2.69. The first kappa shape index (κ1) is 15.9. The molecule has 0 radical (unpaired) electrons. The van der Waals surface area contributed by atoms with Crippen LogP contribution in [0.3, 0.4) is 0 Å². The van der Waals surface area contributed by atoms with E-state index in [0.29, 0.717) is 23.3 Å². The fourth-order valence-corrected chi connectivity index (χ4v) is 2.61. The number of halogens is 2. The Bertz CT molecular complexity index is 545. The third-order valence-corrected chi connectivity index (χ3v) is 3.49. The van der Waals surface area contributed by atoms with Gasteiger partial charge in [-0.3, -0.25) is 4.79 Å². The average Bonchev–Trinajstić information content (AvgIpc) is 2.79. The molecule has 0 saturated carbocycles. The lowest BCUT2D eigenvalue weighted by atomic mass is 10.1. The second-order valence-electron chi connectivity index (χ2n) is 3.56. The lowest BCUT2D eigenvalue weighted by molar-refractivity contribution is 0.0951. The van der Waals surface area contributed by atoms with Crippen molar-refractivity contribution in [3.05, 3.63) is 40.5 Å². The highest BCUT2D eigenvalue weighted by molar-refractivity contribution is 7.19. The van der Waals surface area contributed by atoms with Crippen LogP contribution in [0.15, 0.2) is 30.3 Å². The monoisotopic (exact) mass is 317 g/mol. The fourth-order valence-electron chi connectivity index (χ4n) is 1.50. The molecule has 0 aliphatic rings. The second-order valence-corrected chi connectivity index (χ2v) is 5.14. The number of thiazole rings is 1. The van der Waals surface area contributed by atoms with Gasteiger partial charge < -0.3 is 11.1 Å². The number of carbonyl (C=O) groups excluding carboxylic acids is 1. The Labute approximate surface area is 126 Å². The number of nitrogens with zero attached hydrogens (tertiary/aromatic N) is 1. The number of rotatable bonds is 4. The minimum Gasteiger partial charge on any atom is -0.349 e. The van der Waals surface area contributed by atoms with Crippen molar-refractivity contribution in [3.63, 3.8) is 0 Å². The largest absolute Gasteiger partial charge is 0.349 e. The van der Waals surface area contributed by atoms with Crippen LogP contribution >= 0.6 is 35.3 Å². The van der Waals surface area contributed by atoms with Gasteiger partial charge in [0.15, 0.2) is 4.47 Å². The standard InChI is InChI=1S/C12H12ClN3OS.ClH/c13-12-16-9(11(17)15-7-6-14)10(18-12)8-4-2-1-3-5-8;/h1-5H,6-7,14H2,(H,15,17);1H. The van der Waals surface area contributed by atoms with Gasteiger partial charge >= 0.3 is 0 Å². The van der Waals surface area contributed by atoms with Crippen LogP contribution in [0, 0.1) is 0 Å². The highest BCUT2D eigenvalue weighted by Gasteiger charge is 2.18. The Balaban J connectivity index is 0.00000180. The summed E-state index contributed by atoms with van der Waals surface area (Å²) in [6.07, 6.45) is 0. The van der Waals surface area contributed by atoms with E-state index in [1.54, 1.807) is 0 Å². The summed E-state index contributed by atoms with van der Waals surface area (Å²) in [6, 6.07) is 9.57. The van der Waals surface area contributed by atoms with Gasteiger partial charge in [0.25, 0.3) is 5.91 Å². The van der Waals surface area contributed by atoms with Crippen molar-refractivity contribution in [2.75, 3.05) is 13.1 Å². The molecule has 0 saturated heterocycles. The van der Waals surface area contributed by atoms with Gasteiger partial charge in [0.2, 0.25) is 0 Å². The van der Waals surface area contributed by atoms with E-state index in [1.165, 1.54) is 11.3 Å². The van der Waals surface area contributed by atoms with Crippen LogP contribution in [0.5, 0.6) is 0 Å². The number of hydrogen-bond donors (Lipinski definition) is 2. The summed E-state index contributed by atoms with van der Waals surface area (Å²) < 4.78 is 0.353. The molecule has 1 aromatic carbocycles. The number of aromatic nitrogens is 1. The van der Waals surface area contributed by atoms with Crippen LogP contribution in [-0.2, 0) is 0 Å². The highest BCUT2D eigenvalue weighted by Crippen LogP contribution is 2.32. The lowest BCUT2D eigenvalue weighted by Gasteiger charge is -2.03. The number of benzene rings is 1. The fraction of sp³-hybridized carbons (Fsp3) is 0.167. The Hall–Kier alpha value is -1.14. The van der Waals surface area contributed by atoms with Gasteiger partial charge in [-0.25, -0.2) is 4.98 Å². The van der Waals surface area contributed by atoms with Crippen molar-refractivity contribution in [2.45, 2.75) is 0 Å². The van der Waals surface area contributed by atoms with Crippen molar-refractivity contribution >= 4 is 41.3 Å². The van der Waals surface area contributed by atoms with Crippen LogP contribution in [0.1, 0.15) is 10.5 Å². The second kappa shape index (κ2) is 7.45. The molecule has 0 bridgehead atoms. The number of amides is 1. The van der Waals surface area contributed by atoms with Gasteiger partial charge in [0.05, 0.1) is 4.88 Å². The molecule has 2 rings (SSSR count). The maximum absolute atomic E-state index is 11.9. The van der Waals surface area contributed by atoms with E-state index < -0.39 is 0 Å². The first-order chi connectivity index (χ1) is 8.72. The van der Waals surface area contributed by atoms with E-state index in [-0.39, 0.29) is 18.3 Å². The van der Waals surface area contributed by atoms with Crippen molar-refractivity contribution in [1.29, 1.82) is 0 Å². The molecule has 7 heteroatoms. The van der Waals surface area contributed by atoms with E-state index in [0.717, 1.165) is 10.4 Å². The molecule has 19 heavy (non-hydrogen) atoms. The topological polar surface area (TPSA) is 68.0 Å². The van der Waals surface area contributed by atoms with Gasteiger partial charge in [0, 0.05) is 13.1 Å². The molecule has 0 unspecified atom stereocenters. The molecule has 3 N–H and O–H groups in total. The Morgan fingerprint density at radius 3 is 2.68 bits per heavy atom. The van der Waals surface area contributed by atoms with Crippen LogP contribution < -0.4 is 11.1 Å². The van der Waals surface area contributed by atoms with Gasteiger partial charge in [-0.05, 0) is 5.56 Å². The molecule has 0 fully saturated rings. The number of nitrogens with one attached hydrogen (secondary N) is 1. The zero-order valence-electron chi connectivity index (χ0n) is 9.93.